The first-order valence-electron chi connectivity index (χ1n) is 12.2. The van der Waals surface area contributed by atoms with Crippen molar-refractivity contribution in [1.29, 1.82) is 0 Å². The zero-order valence-electron chi connectivity index (χ0n) is 20.7. The molecule has 1 saturated heterocycles. The monoisotopic (exact) mass is 568 g/mol. The highest BCUT2D eigenvalue weighted by Gasteiger charge is 2.17. The number of likely N-dealkylation sites (N-methyl/N-ethyl adjacent to an activating group) is 1. The normalized spacial score (nSPS) is 15.3. The summed E-state index contributed by atoms with van der Waals surface area (Å²) in [4.78, 5) is 9.97. The third-order valence-corrected chi connectivity index (χ3v) is 6.22. The quantitative estimate of drug-likeness (QED) is 0.258. The molecule has 7 nitrogen and oxygen atoms in total. The fourth-order valence-electron chi connectivity index (χ4n) is 4.19. The predicted octanol–water partition coefficient (Wildman–Crippen LogP) is 3.81. The summed E-state index contributed by atoms with van der Waals surface area (Å²) in [6.45, 7) is 17.4. The molecule has 0 spiro atoms. The summed E-state index contributed by atoms with van der Waals surface area (Å²) in [6.07, 6.45) is 1.71. The molecule has 1 aliphatic heterocycles. The minimum Gasteiger partial charge on any atom is -0.361 e. The van der Waals surface area contributed by atoms with Crippen molar-refractivity contribution < 1.29 is 4.52 Å². The lowest BCUT2D eigenvalue weighted by Gasteiger charge is -2.34. The Morgan fingerprint density at radius 2 is 1.67 bits per heavy atom. The van der Waals surface area contributed by atoms with Gasteiger partial charge in [-0.1, -0.05) is 50.2 Å². The summed E-state index contributed by atoms with van der Waals surface area (Å²) in [5, 5.41) is 11.1. The molecule has 8 heteroatoms. The van der Waals surface area contributed by atoms with Gasteiger partial charge in [-0.15, -0.1) is 24.0 Å². The molecule has 184 valence electrons. The Kier molecular flexibility index (Phi) is 12.2. The van der Waals surface area contributed by atoms with E-state index >= 15 is 0 Å². The van der Waals surface area contributed by atoms with Crippen LogP contribution in [0.3, 0.4) is 0 Å². The number of nitrogens with one attached hydrogen (secondary N) is 2. The lowest BCUT2D eigenvalue weighted by atomic mass is 10.1. The number of piperazine rings is 1. The molecule has 1 fully saturated rings. The van der Waals surface area contributed by atoms with Gasteiger partial charge in [-0.3, -0.25) is 4.90 Å². The molecule has 2 aromatic rings. The number of aliphatic imine (C=N–C) groups is 1. The first kappa shape index (κ1) is 27.6. The number of benzene rings is 1. The Morgan fingerprint density at radius 3 is 2.30 bits per heavy atom. The van der Waals surface area contributed by atoms with Crippen LogP contribution in [0.25, 0.3) is 0 Å². The van der Waals surface area contributed by atoms with Crippen molar-refractivity contribution in [2.24, 2.45) is 4.99 Å². The van der Waals surface area contributed by atoms with Crippen molar-refractivity contribution in [3.8, 4) is 0 Å². The Labute approximate surface area is 216 Å². The van der Waals surface area contributed by atoms with Gasteiger partial charge in [0.2, 0.25) is 0 Å². The summed E-state index contributed by atoms with van der Waals surface area (Å²) < 4.78 is 5.50. The maximum atomic E-state index is 5.50. The largest absolute Gasteiger partial charge is 0.361 e. The summed E-state index contributed by atoms with van der Waals surface area (Å²) in [5.41, 5.74) is 4.85. The average molecular weight is 569 g/mol. The fourth-order valence-corrected chi connectivity index (χ4v) is 4.19. The topological polar surface area (TPSA) is 68.9 Å². The van der Waals surface area contributed by atoms with E-state index in [0.29, 0.717) is 13.1 Å². The van der Waals surface area contributed by atoms with E-state index in [4.69, 9.17) is 9.52 Å². The molecule has 0 unspecified atom stereocenters. The molecule has 0 saturated carbocycles. The molecule has 0 atom stereocenters. The molecular formula is C25H41IN6O. The van der Waals surface area contributed by atoms with Gasteiger partial charge in [0.1, 0.15) is 5.76 Å². The number of aryl methyl sites for hydroxylation is 2. The SMILES string of the molecule is CCNC(=NCc1ccccc1CN1CCN(CC)CC1)NCc1c(CC)noc1CC.I. The van der Waals surface area contributed by atoms with Crippen LogP contribution in [0, 0.1) is 0 Å². The summed E-state index contributed by atoms with van der Waals surface area (Å²) >= 11 is 0. The molecule has 1 aliphatic rings. The second kappa shape index (κ2) is 14.6. The van der Waals surface area contributed by atoms with Gasteiger partial charge in [0.25, 0.3) is 0 Å². The van der Waals surface area contributed by atoms with Gasteiger partial charge >= 0.3 is 0 Å². The number of hydrogen-bond donors (Lipinski definition) is 2. The van der Waals surface area contributed by atoms with Gasteiger partial charge in [0, 0.05) is 57.8 Å². The van der Waals surface area contributed by atoms with E-state index in [2.05, 4.69) is 77.6 Å². The van der Waals surface area contributed by atoms with Crippen molar-refractivity contribution in [2.45, 2.75) is 60.2 Å². The van der Waals surface area contributed by atoms with Gasteiger partial charge in [0.15, 0.2) is 5.96 Å². The zero-order chi connectivity index (χ0) is 22.8. The molecule has 3 rings (SSSR count). The van der Waals surface area contributed by atoms with E-state index in [9.17, 15) is 0 Å². The van der Waals surface area contributed by atoms with E-state index in [1.165, 1.54) is 11.1 Å². The van der Waals surface area contributed by atoms with Crippen LogP contribution in [0.4, 0.5) is 0 Å². The van der Waals surface area contributed by atoms with Crippen molar-refractivity contribution in [3.05, 3.63) is 52.4 Å². The molecule has 1 aromatic carbocycles. The highest BCUT2D eigenvalue weighted by Crippen LogP contribution is 2.16. The van der Waals surface area contributed by atoms with Crippen molar-refractivity contribution in [2.75, 3.05) is 39.3 Å². The van der Waals surface area contributed by atoms with E-state index < -0.39 is 0 Å². The second-order valence-electron chi connectivity index (χ2n) is 8.27. The molecule has 1 aromatic heterocycles. The van der Waals surface area contributed by atoms with Crippen LogP contribution in [-0.2, 0) is 32.5 Å². The van der Waals surface area contributed by atoms with Crippen molar-refractivity contribution >= 4 is 29.9 Å². The third kappa shape index (κ3) is 7.96. The van der Waals surface area contributed by atoms with E-state index in [0.717, 1.165) is 81.6 Å². The van der Waals surface area contributed by atoms with Crippen LogP contribution >= 0.6 is 24.0 Å². The highest BCUT2D eigenvalue weighted by atomic mass is 127. The molecule has 0 radical (unpaired) electrons. The predicted molar refractivity (Wildman–Crippen MR) is 146 cm³/mol. The summed E-state index contributed by atoms with van der Waals surface area (Å²) in [5.74, 6) is 1.78. The minimum atomic E-state index is 0. The molecule has 0 amide bonds. The summed E-state index contributed by atoms with van der Waals surface area (Å²) in [7, 11) is 0. The standard InChI is InChI=1S/C25H40N6O.HI/c1-5-23-22(24(6-2)32-29-23)18-28-25(26-7-3)27-17-20-11-9-10-12-21(20)19-31-15-13-30(8-4)14-16-31;/h9-12H,5-8,13-19H2,1-4H3,(H2,26,27,28);1H. The first-order chi connectivity index (χ1) is 15.7. The van der Waals surface area contributed by atoms with Gasteiger partial charge < -0.3 is 20.1 Å². The van der Waals surface area contributed by atoms with Gasteiger partial charge in [0.05, 0.1) is 12.2 Å². The van der Waals surface area contributed by atoms with Crippen LogP contribution in [0.2, 0.25) is 0 Å². The van der Waals surface area contributed by atoms with Crippen LogP contribution in [-0.4, -0.2) is 60.2 Å². The minimum absolute atomic E-state index is 0. The number of guanidine groups is 1. The lowest BCUT2D eigenvalue weighted by molar-refractivity contribution is 0.131. The van der Waals surface area contributed by atoms with Crippen LogP contribution in [0.1, 0.15) is 55.8 Å². The van der Waals surface area contributed by atoms with E-state index in [1.54, 1.807) is 0 Å². The van der Waals surface area contributed by atoms with Crippen LogP contribution < -0.4 is 10.6 Å². The highest BCUT2D eigenvalue weighted by molar-refractivity contribution is 14.0. The molecule has 33 heavy (non-hydrogen) atoms. The Hall–Kier alpha value is -1.65. The fraction of sp³-hybridized carbons (Fsp3) is 0.600. The van der Waals surface area contributed by atoms with Gasteiger partial charge in [-0.25, -0.2) is 4.99 Å². The van der Waals surface area contributed by atoms with Gasteiger partial charge in [-0.2, -0.15) is 0 Å². The summed E-state index contributed by atoms with van der Waals surface area (Å²) in [6, 6.07) is 8.70. The molecule has 2 heterocycles. The van der Waals surface area contributed by atoms with Crippen LogP contribution in [0.5, 0.6) is 0 Å². The Morgan fingerprint density at radius 1 is 0.970 bits per heavy atom. The average Bonchev–Trinajstić information content (AvgIpc) is 3.24. The Balaban J connectivity index is 0.00000385. The van der Waals surface area contributed by atoms with E-state index in [1.807, 2.05) is 0 Å². The molecule has 2 N–H and O–H groups in total. The number of aromatic nitrogens is 1. The van der Waals surface area contributed by atoms with Crippen LogP contribution in [0.15, 0.2) is 33.8 Å². The maximum Gasteiger partial charge on any atom is 0.191 e. The number of hydrogen-bond acceptors (Lipinski definition) is 5. The zero-order valence-corrected chi connectivity index (χ0v) is 23.0. The third-order valence-electron chi connectivity index (χ3n) is 6.22. The van der Waals surface area contributed by atoms with Crippen molar-refractivity contribution in [1.82, 2.24) is 25.6 Å². The van der Waals surface area contributed by atoms with E-state index in [-0.39, 0.29) is 24.0 Å². The second-order valence-corrected chi connectivity index (χ2v) is 8.27. The number of halogens is 1. The Bertz CT molecular complexity index is 839. The molecular weight excluding hydrogens is 527 g/mol. The maximum absolute atomic E-state index is 5.50. The van der Waals surface area contributed by atoms with Crippen molar-refractivity contribution in [3.63, 3.8) is 0 Å². The molecule has 0 bridgehead atoms. The lowest BCUT2D eigenvalue weighted by Crippen LogP contribution is -2.45. The number of rotatable bonds is 10. The smallest absolute Gasteiger partial charge is 0.191 e. The first-order valence-corrected chi connectivity index (χ1v) is 12.2. The molecule has 0 aliphatic carbocycles. The number of nitrogens with zero attached hydrogens (tertiary/aromatic N) is 4. The van der Waals surface area contributed by atoms with Gasteiger partial charge in [-0.05, 0) is 31.0 Å².